The molecule has 0 bridgehead atoms. The van der Waals surface area contributed by atoms with Crippen LogP contribution in [-0.2, 0) is 0 Å². The van der Waals surface area contributed by atoms with E-state index in [1.54, 1.807) is 18.2 Å². The normalized spacial score (nSPS) is 12.2. The summed E-state index contributed by atoms with van der Waals surface area (Å²) >= 11 is 0. The number of aromatic nitrogens is 1. The number of rotatable bonds is 4. The predicted molar refractivity (Wildman–Crippen MR) is 65.0 cm³/mol. The highest BCUT2D eigenvalue weighted by molar-refractivity contribution is 5.86. The molecule has 0 amide bonds. The SMILES string of the molecule is COc1ccc(C(C)F)cc1-c1cc(C(=O)O)no1. The average Bonchev–Trinajstić information content (AvgIpc) is 2.87. The number of alkyl halides is 1. The smallest absolute Gasteiger partial charge is 0.358 e. The van der Waals surface area contributed by atoms with Crippen molar-refractivity contribution in [2.75, 3.05) is 7.11 Å². The molecule has 1 aromatic heterocycles. The van der Waals surface area contributed by atoms with Crippen LogP contribution in [0.5, 0.6) is 5.75 Å². The summed E-state index contributed by atoms with van der Waals surface area (Å²) in [5.74, 6) is -0.516. The Balaban J connectivity index is 2.51. The van der Waals surface area contributed by atoms with Crippen molar-refractivity contribution in [1.82, 2.24) is 5.16 Å². The number of benzene rings is 1. The summed E-state index contributed by atoms with van der Waals surface area (Å²) in [5, 5.41) is 12.2. The van der Waals surface area contributed by atoms with Crippen molar-refractivity contribution >= 4 is 5.97 Å². The van der Waals surface area contributed by atoms with E-state index in [0.29, 0.717) is 16.9 Å². The Morgan fingerprint density at radius 1 is 1.47 bits per heavy atom. The van der Waals surface area contributed by atoms with Crippen LogP contribution in [-0.4, -0.2) is 23.3 Å². The van der Waals surface area contributed by atoms with Crippen molar-refractivity contribution in [3.8, 4) is 17.1 Å². The molecule has 0 aliphatic carbocycles. The average molecular weight is 265 g/mol. The van der Waals surface area contributed by atoms with Crippen LogP contribution in [0.2, 0.25) is 0 Å². The second-order valence-corrected chi connectivity index (χ2v) is 3.96. The minimum absolute atomic E-state index is 0.212. The lowest BCUT2D eigenvalue weighted by Crippen LogP contribution is -1.94. The van der Waals surface area contributed by atoms with Gasteiger partial charge < -0.3 is 14.4 Å². The number of carboxylic acids is 1. The first-order chi connectivity index (χ1) is 9.02. The lowest BCUT2D eigenvalue weighted by atomic mass is 10.0. The van der Waals surface area contributed by atoms with E-state index in [0.717, 1.165) is 0 Å². The Labute approximate surface area is 108 Å². The molecule has 0 saturated heterocycles. The van der Waals surface area contributed by atoms with E-state index in [9.17, 15) is 9.18 Å². The molecule has 6 heteroatoms. The molecule has 0 aliphatic rings. The minimum Gasteiger partial charge on any atom is -0.496 e. The fourth-order valence-electron chi connectivity index (χ4n) is 1.67. The topological polar surface area (TPSA) is 72.6 Å². The van der Waals surface area contributed by atoms with Gasteiger partial charge in [-0.25, -0.2) is 9.18 Å². The molecule has 5 nitrogen and oxygen atoms in total. The standard InChI is InChI=1S/C13H12FNO4/c1-7(14)8-3-4-11(18-2)9(5-8)12-6-10(13(16)17)15-19-12/h3-7H,1-2H3,(H,16,17). The van der Waals surface area contributed by atoms with E-state index in [4.69, 9.17) is 14.4 Å². The summed E-state index contributed by atoms with van der Waals surface area (Å²) in [4.78, 5) is 10.8. The third-order valence-electron chi connectivity index (χ3n) is 2.68. The van der Waals surface area contributed by atoms with Gasteiger partial charge in [-0.05, 0) is 24.6 Å². The molecule has 1 heterocycles. The maximum Gasteiger partial charge on any atom is 0.358 e. The first kappa shape index (κ1) is 13.1. The van der Waals surface area contributed by atoms with Gasteiger partial charge in [0.25, 0.3) is 0 Å². The number of ether oxygens (including phenoxy) is 1. The van der Waals surface area contributed by atoms with Crippen LogP contribution in [0.3, 0.4) is 0 Å². The molecule has 1 atom stereocenters. The molecule has 0 aliphatic heterocycles. The van der Waals surface area contributed by atoms with Crippen LogP contribution in [0.4, 0.5) is 4.39 Å². The van der Waals surface area contributed by atoms with Crippen molar-refractivity contribution in [2.45, 2.75) is 13.1 Å². The van der Waals surface area contributed by atoms with Gasteiger partial charge in [-0.2, -0.15) is 0 Å². The number of halogens is 1. The molecule has 0 spiro atoms. The number of carbonyl (C=O) groups is 1. The molecule has 0 saturated carbocycles. The molecular formula is C13H12FNO4. The Morgan fingerprint density at radius 3 is 2.74 bits per heavy atom. The van der Waals surface area contributed by atoms with Gasteiger partial charge in [0, 0.05) is 6.07 Å². The summed E-state index contributed by atoms with van der Waals surface area (Å²) in [6, 6.07) is 6.02. The molecular weight excluding hydrogens is 253 g/mol. The molecule has 2 rings (SSSR count). The highest BCUT2D eigenvalue weighted by atomic mass is 19.1. The van der Waals surface area contributed by atoms with Crippen LogP contribution >= 0.6 is 0 Å². The van der Waals surface area contributed by atoms with Crippen LogP contribution in [0.15, 0.2) is 28.8 Å². The number of hydrogen-bond acceptors (Lipinski definition) is 4. The summed E-state index contributed by atoms with van der Waals surface area (Å²) in [5.41, 5.74) is 0.698. The third kappa shape index (κ3) is 2.57. The molecule has 0 radical (unpaired) electrons. The second-order valence-electron chi connectivity index (χ2n) is 3.96. The maximum absolute atomic E-state index is 13.3. The first-order valence-electron chi connectivity index (χ1n) is 5.55. The first-order valence-corrected chi connectivity index (χ1v) is 5.55. The highest BCUT2D eigenvalue weighted by Gasteiger charge is 2.17. The van der Waals surface area contributed by atoms with Gasteiger partial charge in [0.2, 0.25) is 0 Å². The van der Waals surface area contributed by atoms with Gasteiger partial charge in [-0.15, -0.1) is 0 Å². The van der Waals surface area contributed by atoms with E-state index < -0.39 is 12.1 Å². The van der Waals surface area contributed by atoms with Crippen LogP contribution in [0.25, 0.3) is 11.3 Å². The molecule has 0 fully saturated rings. The van der Waals surface area contributed by atoms with Gasteiger partial charge in [0.15, 0.2) is 11.5 Å². The monoisotopic (exact) mass is 265 g/mol. The van der Waals surface area contributed by atoms with E-state index in [1.165, 1.54) is 20.1 Å². The fourth-order valence-corrected chi connectivity index (χ4v) is 1.67. The molecule has 1 aromatic carbocycles. The van der Waals surface area contributed by atoms with Crippen LogP contribution < -0.4 is 4.74 Å². The molecule has 2 aromatic rings. The van der Waals surface area contributed by atoms with E-state index in [1.807, 2.05) is 0 Å². The molecule has 19 heavy (non-hydrogen) atoms. The molecule has 100 valence electrons. The van der Waals surface area contributed by atoms with Crippen LogP contribution in [0.1, 0.15) is 29.1 Å². The zero-order valence-electron chi connectivity index (χ0n) is 10.4. The van der Waals surface area contributed by atoms with E-state index >= 15 is 0 Å². The molecule has 1 unspecified atom stereocenters. The van der Waals surface area contributed by atoms with Gasteiger partial charge in [0.05, 0.1) is 12.7 Å². The number of hydrogen-bond donors (Lipinski definition) is 1. The van der Waals surface area contributed by atoms with Gasteiger partial charge in [0.1, 0.15) is 11.9 Å². The quantitative estimate of drug-likeness (QED) is 0.919. The Hall–Kier alpha value is -2.37. The Kier molecular flexibility index (Phi) is 3.50. The second kappa shape index (κ2) is 5.09. The minimum atomic E-state index is -1.19. The Morgan fingerprint density at radius 2 is 2.21 bits per heavy atom. The largest absolute Gasteiger partial charge is 0.496 e. The highest BCUT2D eigenvalue weighted by Crippen LogP contribution is 2.33. The van der Waals surface area contributed by atoms with Crippen molar-refractivity contribution in [2.24, 2.45) is 0 Å². The Bertz CT molecular complexity index is 606. The number of aromatic carboxylic acids is 1. The zero-order valence-corrected chi connectivity index (χ0v) is 10.4. The maximum atomic E-state index is 13.3. The number of methoxy groups -OCH3 is 1. The van der Waals surface area contributed by atoms with Crippen molar-refractivity contribution < 1.29 is 23.6 Å². The summed E-state index contributed by atoms with van der Waals surface area (Å²) < 4.78 is 23.4. The van der Waals surface area contributed by atoms with Crippen molar-refractivity contribution in [3.05, 3.63) is 35.5 Å². The lowest BCUT2D eigenvalue weighted by molar-refractivity contribution is 0.0686. The van der Waals surface area contributed by atoms with Gasteiger partial charge in [-0.3, -0.25) is 0 Å². The van der Waals surface area contributed by atoms with E-state index in [2.05, 4.69) is 5.16 Å². The molecule has 1 N–H and O–H groups in total. The number of carboxylic acid groups (broad SMARTS) is 1. The predicted octanol–water partition coefficient (Wildman–Crippen LogP) is 3.08. The van der Waals surface area contributed by atoms with E-state index in [-0.39, 0.29) is 11.5 Å². The fraction of sp³-hybridized carbons (Fsp3) is 0.231. The summed E-state index contributed by atoms with van der Waals surface area (Å²) in [7, 11) is 1.46. The summed E-state index contributed by atoms with van der Waals surface area (Å²) in [6.45, 7) is 1.41. The van der Waals surface area contributed by atoms with Crippen molar-refractivity contribution in [1.29, 1.82) is 0 Å². The summed E-state index contributed by atoms with van der Waals surface area (Å²) in [6.07, 6.45) is -1.15. The lowest BCUT2D eigenvalue weighted by Gasteiger charge is -2.09. The van der Waals surface area contributed by atoms with Crippen LogP contribution in [0, 0.1) is 0 Å². The van der Waals surface area contributed by atoms with Gasteiger partial charge >= 0.3 is 5.97 Å². The third-order valence-corrected chi connectivity index (χ3v) is 2.68. The van der Waals surface area contributed by atoms with Crippen molar-refractivity contribution in [3.63, 3.8) is 0 Å². The number of nitrogens with zero attached hydrogens (tertiary/aromatic N) is 1. The zero-order chi connectivity index (χ0) is 14.0. The van der Waals surface area contributed by atoms with Gasteiger partial charge in [-0.1, -0.05) is 11.2 Å².